The number of hydrogen-bond donors (Lipinski definition) is 2. The zero-order valence-corrected chi connectivity index (χ0v) is 12.3. The SMILES string of the molecule is COc1cc(C(=O)N(C)C)ccc1NC(=O)C(C)CN. The number of carbonyl (C=O) groups excluding carboxylic acids is 2. The Morgan fingerprint density at radius 2 is 2.05 bits per heavy atom. The van der Waals surface area contributed by atoms with Gasteiger partial charge in [-0.1, -0.05) is 6.92 Å². The highest BCUT2D eigenvalue weighted by Crippen LogP contribution is 2.26. The van der Waals surface area contributed by atoms with Crippen molar-refractivity contribution in [3.05, 3.63) is 23.8 Å². The van der Waals surface area contributed by atoms with Crippen molar-refractivity contribution in [1.29, 1.82) is 0 Å². The Bertz CT molecular complexity index is 500. The standard InChI is InChI=1S/C14H21N3O3/c1-9(8-15)13(18)16-11-6-5-10(7-12(11)20-4)14(19)17(2)3/h5-7,9H,8,15H2,1-4H3,(H,16,18). The van der Waals surface area contributed by atoms with Crippen LogP contribution < -0.4 is 15.8 Å². The highest BCUT2D eigenvalue weighted by molar-refractivity contribution is 5.97. The van der Waals surface area contributed by atoms with E-state index in [0.29, 0.717) is 17.0 Å². The largest absolute Gasteiger partial charge is 0.495 e. The molecule has 110 valence electrons. The van der Waals surface area contributed by atoms with E-state index < -0.39 is 0 Å². The average Bonchev–Trinajstić information content (AvgIpc) is 2.45. The van der Waals surface area contributed by atoms with Crippen molar-refractivity contribution in [2.75, 3.05) is 33.1 Å². The summed E-state index contributed by atoms with van der Waals surface area (Å²) in [4.78, 5) is 25.2. The summed E-state index contributed by atoms with van der Waals surface area (Å²) in [5, 5.41) is 2.74. The van der Waals surface area contributed by atoms with Gasteiger partial charge in [0.15, 0.2) is 0 Å². The Balaban J connectivity index is 3.00. The average molecular weight is 279 g/mol. The van der Waals surface area contributed by atoms with E-state index in [0.717, 1.165) is 0 Å². The summed E-state index contributed by atoms with van der Waals surface area (Å²) < 4.78 is 5.21. The number of carbonyl (C=O) groups is 2. The molecule has 0 bridgehead atoms. The van der Waals surface area contributed by atoms with Crippen LogP contribution in [0.2, 0.25) is 0 Å². The van der Waals surface area contributed by atoms with Crippen LogP contribution >= 0.6 is 0 Å². The third-order valence-electron chi connectivity index (χ3n) is 2.91. The molecule has 3 N–H and O–H groups in total. The normalized spacial score (nSPS) is 11.7. The third kappa shape index (κ3) is 3.71. The van der Waals surface area contributed by atoms with Gasteiger partial charge in [0.25, 0.3) is 5.91 Å². The fourth-order valence-electron chi connectivity index (χ4n) is 1.55. The molecule has 0 aliphatic carbocycles. The number of amides is 2. The van der Waals surface area contributed by atoms with E-state index in [9.17, 15) is 9.59 Å². The molecule has 1 aromatic rings. The van der Waals surface area contributed by atoms with Gasteiger partial charge in [-0.25, -0.2) is 0 Å². The second-order valence-electron chi connectivity index (χ2n) is 4.74. The quantitative estimate of drug-likeness (QED) is 0.839. The number of methoxy groups -OCH3 is 1. The maximum absolute atomic E-state index is 11.9. The zero-order chi connectivity index (χ0) is 15.3. The molecule has 0 aliphatic rings. The molecule has 1 atom stereocenters. The first kappa shape index (κ1) is 16.0. The van der Waals surface area contributed by atoms with Crippen molar-refractivity contribution >= 4 is 17.5 Å². The van der Waals surface area contributed by atoms with Crippen LogP contribution in [0.15, 0.2) is 18.2 Å². The van der Waals surface area contributed by atoms with Crippen LogP contribution in [0.25, 0.3) is 0 Å². The van der Waals surface area contributed by atoms with Gasteiger partial charge in [-0.05, 0) is 18.2 Å². The fourth-order valence-corrected chi connectivity index (χ4v) is 1.55. The highest BCUT2D eigenvalue weighted by atomic mass is 16.5. The summed E-state index contributed by atoms with van der Waals surface area (Å²) in [6.45, 7) is 2.01. The number of rotatable bonds is 5. The molecule has 0 aliphatic heterocycles. The van der Waals surface area contributed by atoms with Crippen LogP contribution in [0.1, 0.15) is 17.3 Å². The number of nitrogens with two attached hydrogens (primary N) is 1. The summed E-state index contributed by atoms with van der Waals surface area (Å²) in [5.74, 6) is -0.160. The van der Waals surface area contributed by atoms with Crippen LogP contribution in [0.3, 0.4) is 0 Å². The van der Waals surface area contributed by atoms with Crippen LogP contribution in [0.5, 0.6) is 5.75 Å². The lowest BCUT2D eigenvalue weighted by atomic mass is 10.1. The summed E-state index contributed by atoms with van der Waals surface area (Å²) in [6.07, 6.45) is 0. The molecule has 0 fully saturated rings. The molecule has 1 aromatic carbocycles. The van der Waals surface area contributed by atoms with Gasteiger partial charge in [-0.2, -0.15) is 0 Å². The van der Waals surface area contributed by atoms with Crippen molar-refractivity contribution in [2.45, 2.75) is 6.92 Å². The van der Waals surface area contributed by atoms with E-state index in [1.165, 1.54) is 12.0 Å². The fraction of sp³-hybridized carbons (Fsp3) is 0.429. The summed E-state index contributed by atoms with van der Waals surface area (Å²) in [5.41, 5.74) is 6.47. The van der Waals surface area contributed by atoms with Crippen LogP contribution in [0, 0.1) is 5.92 Å². The molecular weight excluding hydrogens is 258 g/mol. The topological polar surface area (TPSA) is 84.7 Å². The van der Waals surface area contributed by atoms with Crippen molar-refractivity contribution in [3.63, 3.8) is 0 Å². The molecule has 6 heteroatoms. The number of nitrogens with zero attached hydrogens (tertiary/aromatic N) is 1. The summed E-state index contributed by atoms with van der Waals surface area (Å²) >= 11 is 0. The minimum Gasteiger partial charge on any atom is -0.495 e. The van der Waals surface area contributed by atoms with Gasteiger partial charge >= 0.3 is 0 Å². The Morgan fingerprint density at radius 1 is 1.40 bits per heavy atom. The number of nitrogens with one attached hydrogen (secondary N) is 1. The number of anilines is 1. The van der Waals surface area contributed by atoms with E-state index in [2.05, 4.69) is 5.32 Å². The lowest BCUT2D eigenvalue weighted by molar-refractivity contribution is -0.119. The van der Waals surface area contributed by atoms with Crippen LogP contribution in [-0.4, -0.2) is 44.5 Å². The van der Waals surface area contributed by atoms with E-state index in [1.807, 2.05) is 0 Å². The first-order valence-electron chi connectivity index (χ1n) is 6.31. The van der Waals surface area contributed by atoms with Crippen molar-refractivity contribution in [1.82, 2.24) is 4.90 Å². The molecule has 0 saturated heterocycles. The van der Waals surface area contributed by atoms with E-state index in [-0.39, 0.29) is 24.3 Å². The van der Waals surface area contributed by atoms with Gasteiger partial charge in [-0.15, -0.1) is 0 Å². The second kappa shape index (κ2) is 6.91. The maximum Gasteiger partial charge on any atom is 0.253 e. The molecule has 1 unspecified atom stereocenters. The highest BCUT2D eigenvalue weighted by Gasteiger charge is 2.16. The molecule has 0 heterocycles. The Kier molecular flexibility index (Phi) is 5.52. The zero-order valence-electron chi connectivity index (χ0n) is 12.3. The molecular formula is C14H21N3O3. The maximum atomic E-state index is 11.9. The Hall–Kier alpha value is -2.08. The van der Waals surface area contributed by atoms with Crippen LogP contribution in [0.4, 0.5) is 5.69 Å². The van der Waals surface area contributed by atoms with Crippen LogP contribution in [-0.2, 0) is 4.79 Å². The number of hydrogen-bond acceptors (Lipinski definition) is 4. The molecule has 0 aromatic heterocycles. The second-order valence-corrected chi connectivity index (χ2v) is 4.74. The first-order chi connectivity index (χ1) is 9.40. The van der Waals surface area contributed by atoms with E-state index >= 15 is 0 Å². The molecule has 20 heavy (non-hydrogen) atoms. The lowest BCUT2D eigenvalue weighted by Gasteiger charge is -2.15. The smallest absolute Gasteiger partial charge is 0.253 e. The minimum atomic E-state index is -0.289. The van der Waals surface area contributed by atoms with E-state index in [1.54, 1.807) is 39.2 Å². The Labute approximate surface area is 118 Å². The molecule has 6 nitrogen and oxygen atoms in total. The van der Waals surface area contributed by atoms with Gasteiger partial charge in [0.2, 0.25) is 5.91 Å². The first-order valence-corrected chi connectivity index (χ1v) is 6.31. The molecule has 0 spiro atoms. The molecule has 2 amide bonds. The predicted octanol–water partition coefficient (Wildman–Crippen LogP) is 0.930. The van der Waals surface area contributed by atoms with Gasteiger partial charge in [0.1, 0.15) is 5.75 Å². The molecule has 0 radical (unpaired) electrons. The van der Waals surface area contributed by atoms with Gasteiger partial charge < -0.3 is 20.7 Å². The lowest BCUT2D eigenvalue weighted by Crippen LogP contribution is -2.27. The molecule has 1 rings (SSSR count). The summed E-state index contributed by atoms with van der Waals surface area (Å²) in [7, 11) is 4.84. The summed E-state index contributed by atoms with van der Waals surface area (Å²) in [6, 6.07) is 4.90. The van der Waals surface area contributed by atoms with Gasteiger partial charge in [0.05, 0.1) is 12.8 Å². The monoisotopic (exact) mass is 279 g/mol. The number of ether oxygens (including phenoxy) is 1. The number of benzene rings is 1. The minimum absolute atomic E-state index is 0.128. The van der Waals surface area contributed by atoms with E-state index in [4.69, 9.17) is 10.5 Å². The van der Waals surface area contributed by atoms with Crippen molar-refractivity contribution in [2.24, 2.45) is 11.7 Å². The Morgan fingerprint density at radius 3 is 2.55 bits per heavy atom. The van der Waals surface area contributed by atoms with Gasteiger partial charge in [0, 0.05) is 32.1 Å². The van der Waals surface area contributed by atoms with Gasteiger partial charge in [-0.3, -0.25) is 9.59 Å². The van der Waals surface area contributed by atoms with Crippen molar-refractivity contribution in [3.8, 4) is 5.75 Å². The predicted molar refractivity (Wildman–Crippen MR) is 77.9 cm³/mol. The third-order valence-corrected chi connectivity index (χ3v) is 2.91. The molecule has 0 saturated carbocycles. The van der Waals surface area contributed by atoms with Crippen molar-refractivity contribution < 1.29 is 14.3 Å².